The average Bonchev–Trinajstić information content (AvgIpc) is 2.37. The molecular formula is C15H11ClO4. The maximum atomic E-state index is 11.9. The Balaban J connectivity index is 2.26. The summed E-state index contributed by atoms with van der Waals surface area (Å²) in [5.41, 5.74) is 0.494. The topological polar surface area (TPSA) is 77.8 Å². The molecule has 2 rings (SSSR count). The van der Waals surface area contributed by atoms with Crippen LogP contribution in [0.15, 0.2) is 42.5 Å². The number of rotatable bonds is 3. The predicted octanol–water partition coefficient (Wildman–Crippen LogP) is 3.35. The molecule has 0 amide bonds. The molecule has 0 aliphatic heterocycles. The Labute approximate surface area is 120 Å². The van der Waals surface area contributed by atoms with Gasteiger partial charge < -0.3 is 15.3 Å². The lowest BCUT2D eigenvalue weighted by atomic mass is 10.1. The zero-order valence-electron chi connectivity index (χ0n) is 10.2. The van der Waals surface area contributed by atoms with Crippen LogP contribution in [0.1, 0.15) is 15.9 Å². The van der Waals surface area contributed by atoms with E-state index in [-0.39, 0.29) is 11.3 Å². The monoisotopic (exact) mass is 290 g/mol. The minimum Gasteiger partial charge on any atom is -0.508 e. The van der Waals surface area contributed by atoms with E-state index in [1.54, 1.807) is 24.3 Å². The van der Waals surface area contributed by atoms with Crippen LogP contribution in [0.25, 0.3) is 6.08 Å². The van der Waals surface area contributed by atoms with Crippen molar-refractivity contribution in [3.8, 4) is 17.2 Å². The number of allylic oxidation sites excluding steroid dienone is 1. The highest BCUT2D eigenvalue weighted by atomic mass is 35.5. The van der Waals surface area contributed by atoms with E-state index in [4.69, 9.17) is 11.6 Å². The molecule has 4 nitrogen and oxygen atoms in total. The zero-order chi connectivity index (χ0) is 14.7. The van der Waals surface area contributed by atoms with Crippen LogP contribution in [-0.4, -0.2) is 21.1 Å². The quantitative estimate of drug-likeness (QED) is 0.598. The van der Waals surface area contributed by atoms with Crippen molar-refractivity contribution in [3.05, 3.63) is 58.6 Å². The van der Waals surface area contributed by atoms with E-state index >= 15 is 0 Å². The Morgan fingerprint density at radius 3 is 2.10 bits per heavy atom. The SMILES string of the molecule is O=C(C=Cc1ccc(Cl)cc1)c1c(O)cc(O)cc1O. The summed E-state index contributed by atoms with van der Waals surface area (Å²) < 4.78 is 0. The highest BCUT2D eigenvalue weighted by molar-refractivity contribution is 6.30. The predicted molar refractivity (Wildman–Crippen MR) is 76.3 cm³/mol. The highest BCUT2D eigenvalue weighted by Crippen LogP contribution is 2.32. The van der Waals surface area contributed by atoms with Gasteiger partial charge in [-0.25, -0.2) is 0 Å². The summed E-state index contributed by atoms with van der Waals surface area (Å²) in [4.78, 5) is 11.9. The lowest BCUT2D eigenvalue weighted by molar-refractivity contribution is 0.104. The zero-order valence-corrected chi connectivity index (χ0v) is 11.0. The molecule has 0 bridgehead atoms. The second-order valence-electron chi connectivity index (χ2n) is 4.11. The van der Waals surface area contributed by atoms with Crippen LogP contribution in [0, 0.1) is 0 Å². The van der Waals surface area contributed by atoms with Gasteiger partial charge >= 0.3 is 0 Å². The molecule has 2 aromatic rings. The molecule has 0 unspecified atom stereocenters. The van der Waals surface area contributed by atoms with Crippen molar-refractivity contribution in [1.29, 1.82) is 0 Å². The smallest absolute Gasteiger partial charge is 0.193 e. The molecule has 0 aromatic heterocycles. The third kappa shape index (κ3) is 3.10. The summed E-state index contributed by atoms with van der Waals surface area (Å²) in [5.74, 6) is -1.85. The first kappa shape index (κ1) is 14.0. The van der Waals surface area contributed by atoms with Crippen LogP contribution in [0.4, 0.5) is 0 Å². The van der Waals surface area contributed by atoms with E-state index in [9.17, 15) is 20.1 Å². The van der Waals surface area contributed by atoms with Gasteiger partial charge in [0.15, 0.2) is 5.78 Å². The van der Waals surface area contributed by atoms with Gasteiger partial charge in [0.05, 0.1) is 0 Å². The van der Waals surface area contributed by atoms with Crippen molar-refractivity contribution in [2.24, 2.45) is 0 Å². The summed E-state index contributed by atoms with van der Waals surface area (Å²) in [5, 5.41) is 28.9. The number of phenolic OH excluding ortho intramolecular Hbond substituents is 3. The van der Waals surface area contributed by atoms with Crippen LogP contribution in [-0.2, 0) is 0 Å². The van der Waals surface area contributed by atoms with Crippen molar-refractivity contribution in [2.75, 3.05) is 0 Å². The molecule has 0 atom stereocenters. The third-order valence-corrected chi connectivity index (χ3v) is 2.88. The molecule has 20 heavy (non-hydrogen) atoms. The highest BCUT2D eigenvalue weighted by Gasteiger charge is 2.15. The van der Waals surface area contributed by atoms with Gasteiger partial charge in [-0.3, -0.25) is 4.79 Å². The van der Waals surface area contributed by atoms with E-state index in [2.05, 4.69) is 0 Å². The molecule has 5 heteroatoms. The van der Waals surface area contributed by atoms with Gasteiger partial charge in [0.25, 0.3) is 0 Å². The number of hydrogen-bond donors (Lipinski definition) is 3. The van der Waals surface area contributed by atoms with Crippen molar-refractivity contribution in [1.82, 2.24) is 0 Å². The Kier molecular flexibility index (Phi) is 3.96. The summed E-state index contributed by atoms with van der Waals surface area (Å²) in [6.45, 7) is 0. The molecule has 2 aromatic carbocycles. The fourth-order valence-electron chi connectivity index (χ4n) is 1.68. The van der Waals surface area contributed by atoms with Gasteiger partial charge in [-0.1, -0.05) is 29.8 Å². The molecule has 0 heterocycles. The molecule has 0 fully saturated rings. The molecule has 0 radical (unpaired) electrons. The molecule has 0 spiro atoms. The first-order valence-corrected chi connectivity index (χ1v) is 6.08. The van der Waals surface area contributed by atoms with E-state index < -0.39 is 17.3 Å². The Bertz CT molecular complexity index is 652. The molecule has 0 aliphatic rings. The normalized spacial score (nSPS) is 10.8. The third-order valence-electron chi connectivity index (χ3n) is 2.63. The number of carbonyl (C=O) groups excluding carboxylic acids is 1. The maximum Gasteiger partial charge on any atom is 0.193 e. The number of halogens is 1. The van der Waals surface area contributed by atoms with Crippen molar-refractivity contribution < 1.29 is 20.1 Å². The number of benzene rings is 2. The van der Waals surface area contributed by atoms with Crippen LogP contribution in [0.2, 0.25) is 5.02 Å². The van der Waals surface area contributed by atoms with Gasteiger partial charge in [0.2, 0.25) is 0 Å². The average molecular weight is 291 g/mol. The van der Waals surface area contributed by atoms with Gasteiger partial charge in [0.1, 0.15) is 22.8 Å². The Hall–Kier alpha value is -2.46. The van der Waals surface area contributed by atoms with Gasteiger partial charge in [0, 0.05) is 17.2 Å². The maximum absolute atomic E-state index is 11.9. The summed E-state index contributed by atoms with van der Waals surface area (Å²) in [6, 6.07) is 8.79. The van der Waals surface area contributed by atoms with Gasteiger partial charge in [-0.2, -0.15) is 0 Å². The number of hydrogen-bond acceptors (Lipinski definition) is 4. The Morgan fingerprint density at radius 1 is 1.00 bits per heavy atom. The summed E-state index contributed by atoms with van der Waals surface area (Å²) >= 11 is 5.75. The molecule has 0 aliphatic carbocycles. The van der Waals surface area contributed by atoms with E-state index in [0.29, 0.717) is 5.02 Å². The number of carbonyl (C=O) groups is 1. The van der Waals surface area contributed by atoms with Crippen molar-refractivity contribution >= 4 is 23.5 Å². The Morgan fingerprint density at radius 2 is 1.55 bits per heavy atom. The fourth-order valence-corrected chi connectivity index (χ4v) is 1.80. The van der Waals surface area contributed by atoms with E-state index in [1.807, 2.05) is 0 Å². The molecule has 102 valence electrons. The number of aromatic hydroxyl groups is 3. The van der Waals surface area contributed by atoms with E-state index in [1.165, 1.54) is 12.2 Å². The van der Waals surface area contributed by atoms with Crippen LogP contribution < -0.4 is 0 Å². The second-order valence-corrected chi connectivity index (χ2v) is 4.54. The first-order valence-electron chi connectivity index (χ1n) is 5.70. The lowest BCUT2D eigenvalue weighted by Gasteiger charge is -2.04. The van der Waals surface area contributed by atoms with Crippen LogP contribution in [0.5, 0.6) is 17.2 Å². The molecular weight excluding hydrogens is 280 g/mol. The van der Waals surface area contributed by atoms with E-state index in [0.717, 1.165) is 17.7 Å². The van der Waals surface area contributed by atoms with Crippen molar-refractivity contribution in [2.45, 2.75) is 0 Å². The van der Waals surface area contributed by atoms with Gasteiger partial charge in [-0.15, -0.1) is 0 Å². The molecule has 3 N–H and O–H groups in total. The van der Waals surface area contributed by atoms with Crippen LogP contribution >= 0.6 is 11.6 Å². The summed E-state index contributed by atoms with van der Waals surface area (Å²) in [7, 11) is 0. The lowest BCUT2D eigenvalue weighted by Crippen LogP contribution is -1.95. The second kappa shape index (κ2) is 5.67. The minimum absolute atomic E-state index is 0.256. The minimum atomic E-state index is -0.574. The summed E-state index contributed by atoms with van der Waals surface area (Å²) in [6.07, 6.45) is 2.75. The number of phenols is 3. The van der Waals surface area contributed by atoms with Gasteiger partial charge in [-0.05, 0) is 23.8 Å². The molecule has 0 saturated carbocycles. The fraction of sp³-hybridized carbons (Fsp3) is 0. The number of ketones is 1. The standard InChI is InChI=1S/C15H11ClO4/c16-10-4-1-9(2-5-10)3-6-12(18)15-13(19)7-11(17)8-14(15)20/h1-8,17,19-20H. The largest absolute Gasteiger partial charge is 0.508 e. The van der Waals surface area contributed by atoms with Crippen molar-refractivity contribution in [3.63, 3.8) is 0 Å². The first-order chi connectivity index (χ1) is 9.47. The molecule has 0 saturated heterocycles. The van der Waals surface area contributed by atoms with Crippen LogP contribution in [0.3, 0.4) is 0 Å².